The number of hydrogen-bond donors (Lipinski definition) is 2. The molecule has 0 aliphatic heterocycles. The van der Waals surface area contributed by atoms with Gasteiger partial charge in [0.25, 0.3) is 0 Å². The Kier molecular flexibility index (Phi) is 6.10. The number of carboxylic acid groups (broad SMARTS) is 1. The molecule has 0 saturated carbocycles. The molecule has 1 amide bonds. The standard InChI is InChI=1S/C17H22N2O3S/c1-11(2)16(17(21)22)19-14(20)9-5-6-10-15-18-12-7-3-4-8-13(12)23-15/h3-4,7-8,11,16H,5-6,9-10H2,1-2H3,(H,19,20)(H,21,22). The lowest BCUT2D eigenvalue weighted by atomic mass is 10.0. The fraction of sp³-hybridized carbons (Fsp3) is 0.471. The Bertz CT molecular complexity index is 648. The van der Waals surface area contributed by atoms with E-state index in [2.05, 4.69) is 16.4 Å². The number of thiazole rings is 1. The van der Waals surface area contributed by atoms with Gasteiger partial charge in [-0.1, -0.05) is 26.0 Å². The van der Waals surface area contributed by atoms with E-state index in [1.807, 2.05) is 18.2 Å². The van der Waals surface area contributed by atoms with Crippen LogP contribution in [0.2, 0.25) is 0 Å². The minimum absolute atomic E-state index is 0.126. The third-order valence-corrected chi connectivity index (χ3v) is 4.73. The molecule has 0 aliphatic carbocycles. The Labute approximate surface area is 139 Å². The first-order valence-electron chi connectivity index (χ1n) is 7.84. The molecule has 5 nitrogen and oxygen atoms in total. The second-order valence-corrected chi connectivity index (χ2v) is 7.03. The average molecular weight is 334 g/mol. The van der Waals surface area contributed by atoms with Crippen LogP contribution in [0.1, 0.15) is 38.1 Å². The Morgan fingerprint density at radius 1 is 1.26 bits per heavy atom. The van der Waals surface area contributed by atoms with Crippen molar-refractivity contribution in [3.63, 3.8) is 0 Å². The fourth-order valence-electron chi connectivity index (χ4n) is 2.35. The van der Waals surface area contributed by atoms with Crippen LogP contribution in [0.5, 0.6) is 0 Å². The van der Waals surface area contributed by atoms with Crippen molar-refractivity contribution in [2.45, 2.75) is 45.6 Å². The molecule has 6 heteroatoms. The number of carbonyl (C=O) groups excluding carboxylic acids is 1. The number of unbranched alkanes of at least 4 members (excludes halogenated alkanes) is 1. The molecule has 1 aromatic heterocycles. The first kappa shape index (κ1) is 17.4. The van der Waals surface area contributed by atoms with Crippen molar-refractivity contribution in [2.24, 2.45) is 5.92 Å². The summed E-state index contributed by atoms with van der Waals surface area (Å²) in [6.45, 7) is 3.57. The maximum Gasteiger partial charge on any atom is 0.326 e. The number of carbonyl (C=O) groups is 2. The van der Waals surface area contributed by atoms with Gasteiger partial charge in [0.2, 0.25) is 5.91 Å². The Morgan fingerprint density at radius 3 is 2.65 bits per heavy atom. The molecular weight excluding hydrogens is 312 g/mol. The van der Waals surface area contributed by atoms with Gasteiger partial charge in [-0.25, -0.2) is 9.78 Å². The smallest absolute Gasteiger partial charge is 0.326 e. The highest BCUT2D eigenvalue weighted by molar-refractivity contribution is 7.18. The predicted octanol–water partition coefficient (Wildman–Crippen LogP) is 3.23. The van der Waals surface area contributed by atoms with E-state index in [0.29, 0.717) is 6.42 Å². The molecule has 1 heterocycles. The highest BCUT2D eigenvalue weighted by atomic mass is 32.1. The number of rotatable bonds is 8. The molecule has 0 saturated heterocycles. The van der Waals surface area contributed by atoms with Crippen molar-refractivity contribution in [1.29, 1.82) is 0 Å². The number of aliphatic carboxylic acids is 1. The Balaban J connectivity index is 1.74. The normalized spacial score (nSPS) is 12.5. The number of hydrogen-bond acceptors (Lipinski definition) is 4. The van der Waals surface area contributed by atoms with Gasteiger partial charge in [-0.3, -0.25) is 4.79 Å². The average Bonchev–Trinajstić information content (AvgIpc) is 2.91. The monoisotopic (exact) mass is 334 g/mol. The molecule has 1 aromatic carbocycles. The second-order valence-electron chi connectivity index (χ2n) is 5.91. The lowest BCUT2D eigenvalue weighted by molar-refractivity contribution is -0.143. The van der Waals surface area contributed by atoms with Crippen LogP contribution in [0.3, 0.4) is 0 Å². The molecular formula is C17H22N2O3S. The summed E-state index contributed by atoms with van der Waals surface area (Å²) in [6.07, 6.45) is 2.79. The summed E-state index contributed by atoms with van der Waals surface area (Å²) in [5, 5.41) is 12.7. The van der Waals surface area contributed by atoms with Crippen molar-refractivity contribution >= 4 is 33.4 Å². The summed E-state index contributed by atoms with van der Waals surface area (Å²) in [5.74, 6) is -1.31. The van der Waals surface area contributed by atoms with E-state index in [1.54, 1.807) is 25.2 Å². The topological polar surface area (TPSA) is 79.3 Å². The summed E-state index contributed by atoms with van der Waals surface area (Å²) < 4.78 is 1.18. The van der Waals surface area contributed by atoms with E-state index >= 15 is 0 Å². The van der Waals surface area contributed by atoms with E-state index in [1.165, 1.54) is 4.70 Å². The molecule has 23 heavy (non-hydrogen) atoms. The van der Waals surface area contributed by atoms with E-state index in [9.17, 15) is 9.59 Å². The number of carboxylic acids is 1. The lowest BCUT2D eigenvalue weighted by Crippen LogP contribution is -2.44. The summed E-state index contributed by atoms with van der Waals surface area (Å²) >= 11 is 1.69. The number of para-hydroxylation sites is 1. The van der Waals surface area contributed by atoms with Gasteiger partial charge in [0.05, 0.1) is 15.2 Å². The summed E-state index contributed by atoms with van der Waals surface area (Å²) in [7, 11) is 0. The van der Waals surface area contributed by atoms with Crippen molar-refractivity contribution in [1.82, 2.24) is 10.3 Å². The van der Waals surface area contributed by atoms with Crippen LogP contribution in [-0.2, 0) is 16.0 Å². The zero-order chi connectivity index (χ0) is 16.8. The third kappa shape index (κ3) is 5.03. The number of nitrogens with one attached hydrogen (secondary N) is 1. The van der Waals surface area contributed by atoms with Crippen LogP contribution >= 0.6 is 11.3 Å². The minimum Gasteiger partial charge on any atom is -0.480 e. The van der Waals surface area contributed by atoms with Gasteiger partial charge in [-0.2, -0.15) is 0 Å². The minimum atomic E-state index is -0.983. The van der Waals surface area contributed by atoms with E-state index in [4.69, 9.17) is 5.11 Å². The summed E-state index contributed by atoms with van der Waals surface area (Å²) in [5.41, 5.74) is 1.02. The molecule has 124 valence electrons. The number of nitrogens with zero attached hydrogens (tertiary/aromatic N) is 1. The van der Waals surface area contributed by atoms with Gasteiger partial charge in [-0.15, -0.1) is 11.3 Å². The number of aromatic nitrogens is 1. The molecule has 2 aromatic rings. The van der Waals surface area contributed by atoms with Crippen LogP contribution in [0, 0.1) is 5.92 Å². The maximum atomic E-state index is 11.8. The predicted molar refractivity (Wildman–Crippen MR) is 91.6 cm³/mol. The highest BCUT2D eigenvalue weighted by Crippen LogP contribution is 2.22. The number of amides is 1. The Morgan fingerprint density at radius 2 is 2.00 bits per heavy atom. The van der Waals surface area contributed by atoms with Crippen LogP contribution in [-0.4, -0.2) is 28.0 Å². The number of fused-ring (bicyclic) bond motifs is 1. The fourth-order valence-corrected chi connectivity index (χ4v) is 3.36. The number of aryl methyl sites for hydroxylation is 1. The van der Waals surface area contributed by atoms with E-state index in [-0.39, 0.29) is 11.8 Å². The zero-order valence-corrected chi connectivity index (χ0v) is 14.2. The van der Waals surface area contributed by atoms with E-state index < -0.39 is 12.0 Å². The van der Waals surface area contributed by atoms with Crippen molar-refractivity contribution in [3.05, 3.63) is 29.3 Å². The molecule has 0 spiro atoms. The largest absolute Gasteiger partial charge is 0.480 e. The van der Waals surface area contributed by atoms with Crippen LogP contribution in [0.4, 0.5) is 0 Å². The summed E-state index contributed by atoms with van der Waals surface area (Å²) in [4.78, 5) is 27.4. The molecule has 0 radical (unpaired) electrons. The van der Waals surface area contributed by atoms with Gasteiger partial charge in [0.15, 0.2) is 0 Å². The quantitative estimate of drug-likeness (QED) is 0.726. The third-order valence-electron chi connectivity index (χ3n) is 3.63. The highest BCUT2D eigenvalue weighted by Gasteiger charge is 2.22. The van der Waals surface area contributed by atoms with Crippen LogP contribution in [0.15, 0.2) is 24.3 Å². The maximum absolute atomic E-state index is 11.8. The lowest BCUT2D eigenvalue weighted by Gasteiger charge is -2.17. The van der Waals surface area contributed by atoms with Gasteiger partial charge >= 0.3 is 5.97 Å². The second kappa shape index (κ2) is 8.06. The molecule has 2 rings (SSSR count). The van der Waals surface area contributed by atoms with Gasteiger partial charge in [0.1, 0.15) is 6.04 Å². The van der Waals surface area contributed by atoms with Crippen LogP contribution < -0.4 is 5.32 Å². The van der Waals surface area contributed by atoms with Crippen LogP contribution in [0.25, 0.3) is 10.2 Å². The molecule has 1 atom stereocenters. The van der Waals surface area contributed by atoms with Gasteiger partial charge in [0, 0.05) is 6.42 Å². The SMILES string of the molecule is CC(C)C(NC(=O)CCCCc1nc2ccccc2s1)C(=O)O. The molecule has 2 N–H and O–H groups in total. The summed E-state index contributed by atoms with van der Waals surface area (Å²) in [6, 6.07) is 7.22. The Hall–Kier alpha value is -1.95. The first-order valence-corrected chi connectivity index (χ1v) is 8.65. The molecule has 0 aliphatic rings. The first-order chi connectivity index (χ1) is 11.0. The molecule has 1 unspecified atom stereocenters. The van der Waals surface area contributed by atoms with Crippen molar-refractivity contribution in [3.8, 4) is 0 Å². The number of benzene rings is 1. The van der Waals surface area contributed by atoms with Crippen molar-refractivity contribution < 1.29 is 14.7 Å². The van der Waals surface area contributed by atoms with Gasteiger partial charge < -0.3 is 10.4 Å². The zero-order valence-electron chi connectivity index (χ0n) is 13.4. The molecule has 0 bridgehead atoms. The van der Waals surface area contributed by atoms with Gasteiger partial charge in [-0.05, 0) is 37.3 Å². The molecule has 0 fully saturated rings. The van der Waals surface area contributed by atoms with Crippen molar-refractivity contribution in [2.75, 3.05) is 0 Å². The van der Waals surface area contributed by atoms with E-state index in [0.717, 1.165) is 29.8 Å².